The molecule has 0 bridgehead atoms. The summed E-state index contributed by atoms with van der Waals surface area (Å²) in [5, 5.41) is 2.67. The van der Waals surface area contributed by atoms with E-state index in [-0.39, 0.29) is 30.4 Å². The van der Waals surface area contributed by atoms with Crippen molar-refractivity contribution in [2.24, 2.45) is 0 Å². The molecule has 1 aromatic carbocycles. The third-order valence-corrected chi connectivity index (χ3v) is 6.05. The lowest BCUT2D eigenvalue weighted by Gasteiger charge is -2.34. The number of hydrogen-bond acceptors (Lipinski definition) is 6. The highest BCUT2D eigenvalue weighted by Gasteiger charge is 2.30. The molecule has 1 aliphatic rings. The third kappa shape index (κ3) is 6.73. The molecule has 1 aromatic rings. The van der Waals surface area contributed by atoms with Crippen LogP contribution in [0.5, 0.6) is 5.75 Å². The number of amides is 1. The second-order valence-electron chi connectivity index (χ2n) is 6.69. The largest absolute Gasteiger partial charge is 0.490 e. The third-order valence-electron chi connectivity index (χ3n) is 4.25. The predicted octanol–water partition coefficient (Wildman–Crippen LogP) is 1.27. The number of rotatable bonds is 10. The maximum absolute atomic E-state index is 12.5. The highest BCUT2D eigenvalue weighted by atomic mass is 32.2. The van der Waals surface area contributed by atoms with Crippen molar-refractivity contribution in [2.45, 2.75) is 33.0 Å². The fraction of sp³-hybridized carbons (Fsp3) is 0.632. The number of sulfonamides is 1. The molecule has 2 rings (SSSR count). The first-order valence-corrected chi connectivity index (χ1v) is 11.2. The summed E-state index contributed by atoms with van der Waals surface area (Å²) in [4.78, 5) is 12.5. The van der Waals surface area contributed by atoms with Gasteiger partial charge in [0.1, 0.15) is 12.4 Å². The molecule has 0 aromatic heterocycles. The summed E-state index contributed by atoms with van der Waals surface area (Å²) in [6, 6.07) is 6.86. The molecule has 1 N–H and O–H groups in total. The van der Waals surface area contributed by atoms with E-state index in [1.54, 1.807) is 24.3 Å². The predicted molar refractivity (Wildman–Crippen MR) is 106 cm³/mol. The molecule has 1 amide bonds. The van der Waals surface area contributed by atoms with Crippen molar-refractivity contribution in [1.29, 1.82) is 0 Å². The number of para-hydroxylation sites is 1. The molecule has 0 spiro atoms. The van der Waals surface area contributed by atoms with Gasteiger partial charge < -0.3 is 19.5 Å². The standard InChI is InChI=1S/C19H30N2O6S/c1-4-25-10-11-26-18-8-6-5-7-17(18)19(22)20-9-12-28(23,24)21-13-15(2)27-16(3)14-21/h5-8,15-16H,4,9-14H2,1-3H3,(H,20,22). The van der Waals surface area contributed by atoms with Crippen LogP contribution in [0.3, 0.4) is 0 Å². The number of carbonyl (C=O) groups excluding carboxylic acids is 1. The lowest BCUT2D eigenvalue weighted by molar-refractivity contribution is -0.0440. The average molecular weight is 415 g/mol. The smallest absolute Gasteiger partial charge is 0.255 e. The number of morpholine rings is 1. The molecule has 1 heterocycles. The fourth-order valence-corrected chi connectivity index (χ4v) is 4.50. The molecule has 0 aliphatic carbocycles. The second kappa shape index (κ2) is 10.8. The van der Waals surface area contributed by atoms with Gasteiger partial charge in [0.25, 0.3) is 5.91 Å². The Bertz CT molecular complexity index is 730. The van der Waals surface area contributed by atoms with Crippen LogP contribution in [0, 0.1) is 0 Å². The van der Waals surface area contributed by atoms with Gasteiger partial charge in [-0.25, -0.2) is 8.42 Å². The van der Waals surface area contributed by atoms with E-state index in [4.69, 9.17) is 14.2 Å². The van der Waals surface area contributed by atoms with E-state index in [2.05, 4.69) is 5.32 Å². The van der Waals surface area contributed by atoms with E-state index >= 15 is 0 Å². The van der Waals surface area contributed by atoms with E-state index in [0.29, 0.717) is 44.2 Å². The zero-order chi connectivity index (χ0) is 20.6. The number of benzene rings is 1. The summed E-state index contributed by atoms with van der Waals surface area (Å²) in [6.07, 6.45) is -0.289. The Morgan fingerprint density at radius 3 is 2.57 bits per heavy atom. The van der Waals surface area contributed by atoms with Gasteiger partial charge in [-0.1, -0.05) is 12.1 Å². The minimum Gasteiger partial charge on any atom is -0.490 e. The molecule has 158 valence electrons. The molecule has 2 atom stereocenters. The lowest BCUT2D eigenvalue weighted by atomic mass is 10.2. The molecule has 1 saturated heterocycles. The lowest BCUT2D eigenvalue weighted by Crippen LogP contribution is -2.49. The van der Waals surface area contributed by atoms with Crippen molar-refractivity contribution < 1.29 is 27.4 Å². The molecule has 2 unspecified atom stereocenters. The maximum Gasteiger partial charge on any atom is 0.255 e. The molecule has 9 heteroatoms. The first-order valence-electron chi connectivity index (χ1n) is 9.54. The molecule has 1 fully saturated rings. The number of carbonyl (C=O) groups is 1. The summed E-state index contributed by atoms with van der Waals surface area (Å²) >= 11 is 0. The van der Waals surface area contributed by atoms with E-state index < -0.39 is 10.0 Å². The van der Waals surface area contributed by atoms with Gasteiger partial charge in [0.15, 0.2) is 0 Å². The molecular formula is C19H30N2O6S. The van der Waals surface area contributed by atoms with Crippen LogP contribution in [0.25, 0.3) is 0 Å². The van der Waals surface area contributed by atoms with E-state index in [1.165, 1.54) is 4.31 Å². The van der Waals surface area contributed by atoms with Crippen LogP contribution in [0.2, 0.25) is 0 Å². The number of nitrogens with one attached hydrogen (secondary N) is 1. The van der Waals surface area contributed by atoms with Gasteiger partial charge in [0, 0.05) is 26.2 Å². The van der Waals surface area contributed by atoms with Gasteiger partial charge in [-0.3, -0.25) is 4.79 Å². The number of ether oxygens (including phenoxy) is 3. The van der Waals surface area contributed by atoms with Crippen LogP contribution in [-0.4, -0.2) is 76.0 Å². The molecular weight excluding hydrogens is 384 g/mol. The summed E-state index contributed by atoms with van der Waals surface area (Å²) in [5.41, 5.74) is 0.366. The van der Waals surface area contributed by atoms with Crippen LogP contribution in [0.1, 0.15) is 31.1 Å². The van der Waals surface area contributed by atoms with Crippen molar-refractivity contribution in [3.8, 4) is 5.75 Å². The quantitative estimate of drug-likeness (QED) is 0.580. The Morgan fingerprint density at radius 2 is 1.89 bits per heavy atom. The summed E-state index contributed by atoms with van der Waals surface area (Å²) in [7, 11) is -3.47. The Labute approximate surface area is 167 Å². The van der Waals surface area contributed by atoms with Crippen molar-refractivity contribution in [1.82, 2.24) is 9.62 Å². The first-order chi connectivity index (χ1) is 13.3. The Balaban J connectivity index is 1.88. The molecule has 28 heavy (non-hydrogen) atoms. The molecule has 8 nitrogen and oxygen atoms in total. The summed E-state index contributed by atoms with van der Waals surface area (Å²) in [5.74, 6) is -0.0877. The van der Waals surface area contributed by atoms with Crippen LogP contribution < -0.4 is 10.1 Å². The highest BCUT2D eigenvalue weighted by molar-refractivity contribution is 7.89. The highest BCUT2D eigenvalue weighted by Crippen LogP contribution is 2.18. The molecule has 0 radical (unpaired) electrons. The van der Waals surface area contributed by atoms with Crippen molar-refractivity contribution in [2.75, 3.05) is 45.2 Å². The Morgan fingerprint density at radius 1 is 1.21 bits per heavy atom. The van der Waals surface area contributed by atoms with Crippen molar-refractivity contribution >= 4 is 15.9 Å². The van der Waals surface area contributed by atoms with Crippen molar-refractivity contribution in [3.63, 3.8) is 0 Å². The van der Waals surface area contributed by atoms with Crippen LogP contribution >= 0.6 is 0 Å². The SMILES string of the molecule is CCOCCOc1ccccc1C(=O)NCCS(=O)(=O)N1CC(C)OC(C)C1. The minimum absolute atomic E-state index is 0.0224. The normalized spacial score (nSPS) is 20.7. The minimum atomic E-state index is -3.47. The van der Waals surface area contributed by atoms with Crippen LogP contribution in [-0.2, 0) is 19.5 Å². The van der Waals surface area contributed by atoms with Gasteiger partial charge in [0.05, 0.1) is 30.1 Å². The van der Waals surface area contributed by atoms with E-state index in [0.717, 1.165) is 0 Å². The molecule has 0 saturated carbocycles. The average Bonchev–Trinajstić information content (AvgIpc) is 2.64. The fourth-order valence-electron chi connectivity index (χ4n) is 3.01. The van der Waals surface area contributed by atoms with Gasteiger partial charge in [-0.15, -0.1) is 0 Å². The number of hydrogen-bond donors (Lipinski definition) is 1. The first kappa shape index (κ1) is 22.6. The van der Waals surface area contributed by atoms with E-state index in [1.807, 2.05) is 20.8 Å². The van der Waals surface area contributed by atoms with Gasteiger partial charge in [-0.05, 0) is 32.9 Å². The van der Waals surface area contributed by atoms with Crippen LogP contribution in [0.4, 0.5) is 0 Å². The molecule has 1 aliphatic heterocycles. The second-order valence-corrected chi connectivity index (χ2v) is 8.78. The van der Waals surface area contributed by atoms with E-state index in [9.17, 15) is 13.2 Å². The van der Waals surface area contributed by atoms with Gasteiger partial charge in [0.2, 0.25) is 10.0 Å². The zero-order valence-corrected chi connectivity index (χ0v) is 17.5. The number of nitrogens with zero attached hydrogens (tertiary/aromatic N) is 1. The van der Waals surface area contributed by atoms with Crippen molar-refractivity contribution in [3.05, 3.63) is 29.8 Å². The maximum atomic E-state index is 12.5. The van der Waals surface area contributed by atoms with Gasteiger partial charge >= 0.3 is 0 Å². The topological polar surface area (TPSA) is 94.2 Å². The van der Waals surface area contributed by atoms with Crippen LogP contribution in [0.15, 0.2) is 24.3 Å². The van der Waals surface area contributed by atoms with Gasteiger partial charge in [-0.2, -0.15) is 4.31 Å². The summed E-state index contributed by atoms with van der Waals surface area (Å²) < 4.78 is 42.9. The zero-order valence-electron chi connectivity index (χ0n) is 16.7. The Hall–Kier alpha value is -1.68. The summed E-state index contributed by atoms with van der Waals surface area (Å²) in [6.45, 7) is 7.64. The Kier molecular flexibility index (Phi) is 8.68. The monoisotopic (exact) mass is 414 g/mol.